The number of hydrogen-bond acceptors (Lipinski definition) is 4. The summed E-state index contributed by atoms with van der Waals surface area (Å²) < 4.78 is 3.42. The van der Waals surface area contributed by atoms with Gasteiger partial charge in [-0.05, 0) is 12.2 Å². The Bertz CT molecular complexity index is 822. The Morgan fingerprint density at radius 3 is 2.89 bits per heavy atom. The molecule has 0 aliphatic rings. The van der Waals surface area contributed by atoms with Crippen molar-refractivity contribution in [1.29, 1.82) is 0 Å². The molecule has 7 nitrogen and oxygen atoms in total. The first-order valence-corrected chi connectivity index (χ1v) is 5.71. The molecule has 0 unspecified atom stereocenters. The third-order valence-corrected chi connectivity index (χ3v) is 2.76. The number of nitrogens with one attached hydrogen (secondary N) is 1. The van der Waals surface area contributed by atoms with Crippen molar-refractivity contribution in [2.24, 2.45) is 14.1 Å². The first-order valence-electron chi connectivity index (χ1n) is 5.71. The average Bonchev–Trinajstić information content (AvgIpc) is 2.95. The summed E-state index contributed by atoms with van der Waals surface area (Å²) in [4.78, 5) is 23.0. The van der Waals surface area contributed by atoms with Crippen molar-refractivity contribution in [3.8, 4) is 0 Å². The molecule has 1 N–H and O–H groups in total. The summed E-state index contributed by atoms with van der Waals surface area (Å²) >= 11 is 0. The van der Waals surface area contributed by atoms with Crippen LogP contribution in [-0.4, -0.2) is 29.3 Å². The Morgan fingerprint density at radius 2 is 2.16 bits per heavy atom. The van der Waals surface area contributed by atoms with E-state index in [4.69, 9.17) is 0 Å². The normalized spacial score (nSPS) is 11.7. The van der Waals surface area contributed by atoms with E-state index in [1.165, 1.54) is 6.20 Å². The molecule has 7 heteroatoms. The smallest absolute Gasteiger partial charge is 0.262 e. The molecule has 0 saturated carbocycles. The molecule has 3 aromatic rings. The Hall–Kier alpha value is -2.70. The lowest BCUT2D eigenvalue weighted by Gasteiger charge is -1.95. The van der Waals surface area contributed by atoms with Crippen molar-refractivity contribution in [2.75, 3.05) is 0 Å². The highest BCUT2D eigenvalue weighted by atomic mass is 16.1. The zero-order chi connectivity index (χ0) is 13.4. The standard InChI is InChI=1S/C12H12N6O/c1-17-6-8(13-7-17)3-4-10-15-11-9(12(19)16-10)5-14-18(11)2/h3-7H,1-2H3,(H,15,16,19)/b4-3+. The van der Waals surface area contributed by atoms with E-state index in [-0.39, 0.29) is 5.56 Å². The number of fused-ring (bicyclic) bond motifs is 1. The second-order valence-corrected chi connectivity index (χ2v) is 4.25. The van der Waals surface area contributed by atoms with E-state index in [0.29, 0.717) is 16.9 Å². The number of aryl methyl sites for hydroxylation is 2. The average molecular weight is 256 g/mol. The number of hydrogen-bond donors (Lipinski definition) is 1. The van der Waals surface area contributed by atoms with E-state index in [1.807, 2.05) is 17.8 Å². The Morgan fingerprint density at radius 1 is 1.32 bits per heavy atom. The number of aromatic nitrogens is 6. The van der Waals surface area contributed by atoms with E-state index in [0.717, 1.165) is 5.69 Å². The highest BCUT2D eigenvalue weighted by Crippen LogP contribution is 2.06. The molecular weight excluding hydrogens is 244 g/mol. The number of rotatable bonds is 2. The van der Waals surface area contributed by atoms with Gasteiger partial charge in [-0.1, -0.05) is 0 Å². The van der Waals surface area contributed by atoms with Crippen molar-refractivity contribution in [3.05, 3.63) is 40.6 Å². The van der Waals surface area contributed by atoms with Crippen LogP contribution in [0.5, 0.6) is 0 Å². The van der Waals surface area contributed by atoms with Gasteiger partial charge >= 0.3 is 0 Å². The molecule has 0 aliphatic carbocycles. The third kappa shape index (κ3) is 2.05. The Balaban J connectivity index is 2.03. The number of imidazole rings is 1. The van der Waals surface area contributed by atoms with Crippen molar-refractivity contribution in [1.82, 2.24) is 29.3 Å². The van der Waals surface area contributed by atoms with Gasteiger partial charge in [-0.15, -0.1) is 0 Å². The van der Waals surface area contributed by atoms with Gasteiger partial charge in [0.05, 0.1) is 18.2 Å². The zero-order valence-corrected chi connectivity index (χ0v) is 10.5. The lowest BCUT2D eigenvalue weighted by atomic mass is 10.3. The first-order chi connectivity index (χ1) is 9.13. The summed E-state index contributed by atoms with van der Waals surface area (Å²) in [7, 11) is 3.65. The monoisotopic (exact) mass is 256 g/mol. The lowest BCUT2D eigenvalue weighted by Crippen LogP contribution is -2.09. The molecular formula is C12H12N6O. The number of aromatic amines is 1. The second kappa shape index (κ2) is 4.20. The van der Waals surface area contributed by atoms with Crippen LogP contribution >= 0.6 is 0 Å². The van der Waals surface area contributed by atoms with Gasteiger partial charge in [0.2, 0.25) is 0 Å². The van der Waals surface area contributed by atoms with Crippen LogP contribution in [0.25, 0.3) is 23.2 Å². The van der Waals surface area contributed by atoms with Gasteiger partial charge in [0, 0.05) is 20.3 Å². The molecule has 0 aromatic carbocycles. The molecule has 0 radical (unpaired) electrons. The molecule has 0 spiro atoms. The van der Waals surface area contributed by atoms with Gasteiger partial charge in [0.15, 0.2) is 5.65 Å². The minimum Gasteiger partial charge on any atom is -0.340 e. The topological polar surface area (TPSA) is 81.4 Å². The molecule has 3 rings (SSSR count). The van der Waals surface area contributed by atoms with Gasteiger partial charge in [0.1, 0.15) is 11.2 Å². The second-order valence-electron chi connectivity index (χ2n) is 4.25. The predicted molar refractivity (Wildman–Crippen MR) is 71.3 cm³/mol. The summed E-state index contributed by atoms with van der Waals surface area (Å²) in [5.74, 6) is 0.478. The van der Waals surface area contributed by atoms with Crippen LogP contribution in [0, 0.1) is 0 Å². The van der Waals surface area contributed by atoms with E-state index in [1.54, 1.807) is 30.2 Å². The van der Waals surface area contributed by atoms with Crippen LogP contribution in [0.2, 0.25) is 0 Å². The molecule has 0 saturated heterocycles. The van der Waals surface area contributed by atoms with Crippen LogP contribution < -0.4 is 5.56 Å². The number of H-pyrrole nitrogens is 1. The lowest BCUT2D eigenvalue weighted by molar-refractivity contribution is 0.784. The van der Waals surface area contributed by atoms with Crippen LogP contribution in [0.4, 0.5) is 0 Å². The highest BCUT2D eigenvalue weighted by molar-refractivity contribution is 5.75. The van der Waals surface area contributed by atoms with E-state index < -0.39 is 0 Å². The van der Waals surface area contributed by atoms with Crippen molar-refractivity contribution in [2.45, 2.75) is 0 Å². The SMILES string of the molecule is Cn1cnc(/C=C/c2nc3c(cnn3C)c(=O)[nH]2)c1. The van der Waals surface area contributed by atoms with Crippen molar-refractivity contribution >= 4 is 23.2 Å². The molecule has 0 bridgehead atoms. The summed E-state index contributed by atoms with van der Waals surface area (Å²) in [5, 5.41) is 4.50. The maximum Gasteiger partial charge on any atom is 0.262 e. The Labute approximate surface area is 108 Å². The maximum atomic E-state index is 11.8. The molecule has 0 aliphatic heterocycles. The fourth-order valence-electron chi connectivity index (χ4n) is 1.81. The molecule has 96 valence electrons. The van der Waals surface area contributed by atoms with Gasteiger partial charge in [-0.3, -0.25) is 9.48 Å². The molecule has 19 heavy (non-hydrogen) atoms. The summed E-state index contributed by atoms with van der Waals surface area (Å²) in [6, 6.07) is 0. The largest absolute Gasteiger partial charge is 0.340 e. The number of nitrogens with zero attached hydrogens (tertiary/aromatic N) is 5. The van der Waals surface area contributed by atoms with Crippen molar-refractivity contribution in [3.63, 3.8) is 0 Å². The fourth-order valence-corrected chi connectivity index (χ4v) is 1.81. The molecule has 0 amide bonds. The predicted octanol–water partition coefficient (Wildman–Crippen LogP) is 0.560. The van der Waals surface area contributed by atoms with Crippen LogP contribution in [0.3, 0.4) is 0 Å². The summed E-state index contributed by atoms with van der Waals surface area (Å²) in [6.07, 6.45) is 8.60. The van der Waals surface area contributed by atoms with Gasteiger partial charge in [0.25, 0.3) is 5.56 Å². The summed E-state index contributed by atoms with van der Waals surface area (Å²) in [5.41, 5.74) is 1.17. The first kappa shape index (κ1) is 11.4. The molecule has 0 atom stereocenters. The van der Waals surface area contributed by atoms with Crippen LogP contribution in [0.15, 0.2) is 23.5 Å². The van der Waals surface area contributed by atoms with E-state index in [9.17, 15) is 4.79 Å². The Kier molecular flexibility index (Phi) is 2.52. The quantitative estimate of drug-likeness (QED) is 0.726. The summed E-state index contributed by atoms with van der Waals surface area (Å²) in [6.45, 7) is 0. The van der Waals surface area contributed by atoms with Crippen LogP contribution in [-0.2, 0) is 14.1 Å². The highest BCUT2D eigenvalue weighted by Gasteiger charge is 2.06. The molecule has 3 heterocycles. The molecule has 3 aromatic heterocycles. The zero-order valence-electron chi connectivity index (χ0n) is 10.5. The van der Waals surface area contributed by atoms with Gasteiger partial charge in [-0.25, -0.2) is 9.97 Å². The van der Waals surface area contributed by atoms with E-state index >= 15 is 0 Å². The third-order valence-electron chi connectivity index (χ3n) is 2.76. The minimum absolute atomic E-state index is 0.196. The maximum absolute atomic E-state index is 11.8. The van der Waals surface area contributed by atoms with E-state index in [2.05, 4.69) is 20.1 Å². The van der Waals surface area contributed by atoms with Gasteiger partial charge in [-0.2, -0.15) is 5.10 Å². The molecule has 0 fully saturated rings. The fraction of sp³-hybridized carbons (Fsp3) is 0.167. The van der Waals surface area contributed by atoms with Crippen molar-refractivity contribution < 1.29 is 0 Å². The van der Waals surface area contributed by atoms with Crippen LogP contribution in [0.1, 0.15) is 11.5 Å². The van der Waals surface area contributed by atoms with Gasteiger partial charge < -0.3 is 9.55 Å². The minimum atomic E-state index is -0.196.